The van der Waals surface area contributed by atoms with Crippen LogP contribution in [0, 0.1) is 12.3 Å². The first-order valence-electron chi connectivity index (χ1n) is 11.1. The normalized spacial score (nSPS) is 21.2. The van der Waals surface area contributed by atoms with E-state index in [2.05, 4.69) is 42.1 Å². The number of rotatable bonds is 2. The average molecular weight is 407 g/mol. The third-order valence-electron chi connectivity index (χ3n) is 6.94. The summed E-state index contributed by atoms with van der Waals surface area (Å²) >= 11 is 0. The van der Waals surface area contributed by atoms with Crippen LogP contribution >= 0.6 is 0 Å². The summed E-state index contributed by atoms with van der Waals surface area (Å²) in [6, 6.07) is 4.37. The van der Waals surface area contributed by atoms with Crippen molar-refractivity contribution < 1.29 is 14.3 Å². The fourth-order valence-corrected chi connectivity index (χ4v) is 5.56. The molecule has 5 rings (SSSR count). The third-order valence-corrected chi connectivity index (χ3v) is 6.94. The minimum Gasteiger partial charge on any atom is -0.381 e. The number of benzene rings is 1. The lowest BCUT2D eigenvalue weighted by molar-refractivity contribution is 0.0839. The minimum absolute atomic E-state index is 0.0374. The Morgan fingerprint density at radius 1 is 1.10 bits per heavy atom. The van der Waals surface area contributed by atoms with Gasteiger partial charge in [-0.1, -0.05) is 13.8 Å². The Hall–Kier alpha value is -2.40. The van der Waals surface area contributed by atoms with Crippen LogP contribution < -0.4 is 5.32 Å². The number of aryl methyl sites for hydroxylation is 1. The summed E-state index contributed by atoms with van der Waals surface area (Å²) in [7, 11) is 0. The molecule has 5 heteroatoms. The molecule has 0 bridgehead atoms. The molecule has 0 radical (unpaired) electrons. The van der Waals surface area contributed by atoms with Crippen molar-refractivity contribution in [2.24, 2.45) is 5.41 Å². The number of hydrogen-bond donors (Lipinski definition) is 1. The Morgan fingerprint density at radius 3 is 2.63 bits per heavy atom. The van der Waals surface area contributed by atoms with Gasteiger partial charge in [-0.25, -0.2) is 0 Å². The average Bonchev–Trinajstić information content (AvgIpc) is 3.03. The highest BCUT2D eigenvalue weighted by molar-refractivity contribution is 6.01. The Kier molecular flexibility index (Phi) is 4.62. The van der Waals surface area contributed by atoms with Crippen molar-refractivity contribution in [2.45, 2.75) is 58.8 Å². The molecule has 0 unspecified atom stereocenters. The fourth-order valence-electron chi connectivity index (χ4n) is 5.56. The van der Waals surface area contributed by atoms with Gasteiger partial charge in [0.05, 0.1) is 0 Å². The van der Waals surface area contributed by atoms with E-state index in [-0.39, 0.29) is 17.1 Å². The molecule has 3 aliphatic rings. The maximum absolute atomic E-state index is 12.9. The van der Waals surface area contributed by atoms with E-state index >= 15 is 0 Å². The molecule has 5 nitrogen and oxygen atoms in total. The summed E-state index contributed by atoms with van der Waals surface area (Å²) in [6.07, 6.45) is 6.32. The molecule has 1 aliphatic carbocycles. The molecule has 3 heterocycles. The van der Waals surface area contributed by atoms with Gasteiger partial charge in [-0.05, 0) is 72.8 Å². The van der Waals surface area contributed by atoms with Gasteiger partial charge in [0.15, 0.2) is 5.78 Å². The van der Waals surface area contributed by atoms with Gasteiger partial charge in [-0.3, -0.25) is 9.59 Å². The molecule has 1 fully saturated rings. The lowest BCUT2D eigenvalue weighted by Crippen LogP contribution is -2.34. The Bertz CT molecular complexity index is 1040. The van der Waals surface area contributed by atoms with Crippen molar-refractivity contribution in [1.82, 2.24) is 9.88 Å². The number of ketones is 1. The number of Topliss-reactive ketones (excluding diaryl/α,β-unsaturated/α-hetero) is 1. The quantitative estimate of drug-likeness (QED) is 0.816. The van der Waals surface area contributed by atoms with Gasteiger partial charge >= 0.3 is 0 Å². The number of nitrogens with one attached hydrogen (secondary N) is 1. The molecule has 1 aromatic heterocycles. The number of fused-ring (bicyclic) bond motifs is 2. The van der Waals surface area contributed by atoms with Crippen LogP contribution in [0.15, 0.2) is 18.3 Å². The Morgan fingerprint density at radius 2 is 1.87 bits per heavy atom. The van der Waals surface area contributed by atoms with Crippen LogP contribution in [-0.2, 0) is 17.6 Å². The minimum atomic E-state index is -0.0374. The van der Waals surface area contributed by atoms with Crippen LogP contribution in [0.1, 0.15) is 82.1 Å². The summed E-state index contributed by atoms with van der Waals surface area (Å²) in [5, 5.41) is 3.03. The van der Waals surface area contributed by atoms with Crippen molar-refractivity contribution in [3.8, 4) is 5.69 Å². The summed E-state index contributed by atoms with van der Waals surface area (Å²) in [4.78, 5) is 25.6. The molecule has 0 atom stereocenters. The van der Waals surface area contributed by atoms with Crippen LogP contribution in [0.25, 0.3) is 5.69 Å². The molecule has 2 aromatic rings. The smallest absolute Gasteiger partial charge is 0.251 e. The van der Waals surface area contributed by atoms with Crippen LogP contribution in [0.4, 0.5) is 0 Å². The molecule has 1 saturated heterocycles. The fraction of sp³-hybridized carbons (Fsp3) is 0.520. The molecule has 1 amide bonds. The number of nitrogens with zero attached hydrogens (tertiary/aromatic N) is 1. The zero-order valence-electron chi connectivity index (χ0n) is 18.1. The Labute approximate surface area is 177 Å². The first-order valence-corrected chi connectivity index (χ1v) is 11.1. The predicted molar refractivity (Wildman–Crippen MR) is 116 cm³/mol. The van der Waals surface area contributed by atoms with Crippen molar-refractivity contribution in [3.63, 3.8) is 0 Å². The molecule has 2 aliphatic heterocycles. The zero-order chi connectivity index (χ0) is 21.0. The third kappa shape index (κ3) is 3.20. The highest BCUT2D eigenvalue weighted by atomic mass is 16.5. The monoisotopic (exact) mass is 406 g/mol. The SMILES string of the molecule is Cc1cn(-c2cc3c(c(C4CCOCC4)c2)C(=O)NCC3)c2c1C(=O)CC(C)(C)C2. The number of hydrogen-bond acceptors (Lipinski definition) is 3. The molecule has 1 aromatic carbocycles. The summed E-state index contributed by atoms with van der Waals surface area (Å²) in [5.41, 5.74) is 7.25. The molecular formula is C25H30N2O3. The lowest BCUT2D eigenvalue weighted by atomic mass is 9.75. The second-order valence-electron chi connectivity index (χ2n) is 9.91. The highest BCUT2D eigenvalue weighted by Gasteiger charge is 2.35. The molecule has 158 valence electrons. The first kappa shape index (κ1) is 19.6. The van der Waals surface area contributed by atoms with Crippen molar-refractivity contribution in [1.29, 1.82) is 0 Å². The predicted octanol–water partition coefficient (Wildman–Crippen LogP) is 4.12. The number of ether oxygens (including phenoxy) is 1. The van der Waals surface area contributed by atoms with Gasteiger partial charge in [0, 0.05) is 54.9 Å². The van der Waals surface area contributed by atoms with E-state index in [1.165, 1.54) is 0 Å². The molecule has 30 heavy (non-hydrogen) atoms. The zero-order valence-corrected chi connectivity index (χ0v) is 18.1. The first-order chi connectivity index (χ1) is 14.3. The van der Waals surface area contributed by atoms with Crippen molar-refractivity contribution in [3.05, 3.63) is 51.8 Å². The van der Waals surface area contributed by atoms with Gasteiger partial charge in [0.25, 0.3) is 5.91 Å². The van der Waals surface area contributed by atoms with E-state index in [4.69, 9.17) is 4.74 Å². The standard InChI is InChI=1S/C25H30N2O3/c1-15-14-27(20-12-25(2,3)13-21(28)22(15)20)18-10-17-4-7-26-24(29)23(17)19(11-18)16-5-8-30-9-6-16/h10-11,14,16H,4-9,12-13H2,1-3H3,(H,26,29). The summed E-state index contributed by atoms with van der Waals surface area (Å²) < 4.78 is 7.80. The van der Waals surface area contributed by atoms with E-state index < -0.39 is 0 Å². The van der Waals surface area contributed by atoms with Crippen LogP contribution in [0.5, 0.6) is 0 Å². The van der Waals surface area contributed by atoms with E-state index in [0.29, 0.717) is 18.9 Å². The number of carbonyl (C=O) groups excluding carboxylic acids is 2. The molecule has 0 spiro atoms. The summed E-state index contributed by atoms with van der Waals surface area (Å²) in [6.45, 7) is 8.54. The van der Waals surface area contributed by atoms with E-state index in [1.54, 1.807) is 0 Å². The van der Waals surface area contributed by atoms with Crippen molar-refractivity contribution in [2.75, 3.05) is 19.8 Å². The topological polar surface area (TPSA) is 60.3 Å². The highest BCUT2D eigenvalue weighted by Crippen LogP contribution is 2.40. The second kappa shape index (κ2) is 7.09. The number of amides is 1. The maximum Gasteiger partial charge on any atom is 0.251 e. The van der Waals surface area contributed by atoms with Gasteiger partial charge in [0.1, 0.15) is 0 Å². The van der Waals surface area contributed by atoms with E-state index in [1.807, 2.05) is 6.92 Å². The molecular weight excluding hydrogens is 376 g/mol. The van der Waals surface area contributed by atoms with Gasteiger partial charge in [-0.15, -0.1) is 0 Å². The summed E-state index contributed by atoms with van der Waals surface area (Å²) in [5.74, 6) is 0.632. The number of aromatic nitrogens is 1. The van der Waals surface area contributed by atoms with E-state index in [9.17, 15) is 9.59 Å². The number of carbonyl (C=O) groups is 2. The lowest BCUT2D eigenvalue weighted by Gasteiger charge is -2.31. The maximum atomic E-state index is 12.9. The van der Waals surface area contributed by atoms with Crippen LogP contribution in [-0.4, -0.2) is 36.0 Å². The van der Waals surface area contributed by atoms with Crippen LogP contribution in [0.2, 0.25) is 0 Å². The van der Waals surface area contributed by atoms with Crippen LogP contribution in [0.3, 0.4) is 0 Å². The second-order valence-corrected chi connectivity index (χ2v) is 9.91. The Balaban J connectivity index is 1.69. The largest absolute Gasteiger partial charge is 0.381 e. The molecule has 0 saturated carbocycles. The van der Waals surface area contributed by atoms with Gasteiger partial charge in [-0.2, -0.15) is 0 Å². The molecule has 1 N–H and O–H groups in total. The van der Waals surface area contributed by atoms with Gasteiger partial charge in [0.2, 0.25) is 0 Å². The van der Waals surface area contributed by atoms with Crippen molar-refractivity contribution >= 4 is 11.7 Å². The van der Waals surface area contributed by atoms with E-state index in [0.717, 1.165) is 78.1 Å². The van der Waals surface area contributed by atoms with Gasteiger partial charge < -0.3 is 14.6 Å².